The van der Waals surface area contributed by atoms with Crippen molar-refractivity contribution < 1.29 is 14.3 Å². The number of amides is 1. The number of hydrogen-bond donors (Lipinski definition) is 1. The van der Waals surface area contributed by atoms with Gasteiger partial charge in [0.1, 0.15) is 12.4 Å². The maximum atomic E-state index is 11.1. The van der Waals surface area contributed by atoms with Crippen LogP contribution >= 0.6 is 15.9 Å². The molecular weight excluding hydrogens is 250 g/mol. The summed E-state index contributed by atoms with van der Waals surface area (Å²) in [5, 5.41) is 3.38. The van der Waals surface area contributed by atoms with Crippen molar-refractivity contribution in [3.8, 4) is 0 Å². The van der Waals surface area contributed by atoms with Gasteiger partial charge in [0.15, 0.2) is 0 Å². The lowest BCUT2D eigenvalue weighted by molar-refractivity contribution is -0.120. The zero-order valence-electron chi connectivity index (χ0n) is 7.92. The lowest BCUT2D eigenvalue weighted by Crippen LogP contribution is -2.38. The molecule has 0 spiro atoms. The van der Waals surface area contributed by atoms with Crippen molar-refractivity contribution in [2.24, 2.45) is 0 Å². The van der Waals surface area contributed by atoms with Crippen molar-refractivity contribution in [2.45, 2.75) is 31.7 Å². The molecule has 14 heavy (non-hydrogen) atoms. The predicted octanol–water partition coefficient (Wildman–Crippen LogP) is 1.62. The van der Waals surface area contributed by atoms with Crippen LogP contribution in [0.5, 0.6) is 0 Å². The second kappa shape index (κ2) is 6.01. The van der Waals surface area contributed by atoms with E-state index in [0.717, 1.165) is 12.8 Å². The lowest BCUT2D eigenvalue weighted by Gasteiger charge is -2.21. The van der Waals surface area contributed by atoms with Crippen LogP contribution in [0, 0.1) is 0 Å². The largest absolute Gasteiger partial charge is 0.449 e. The van der Waals surface area contributed by atoms with Crippen LogP contribution in [0.4, 0.5) is 4.79 Å². The Labute approximate surface area is 91.5 Å². The van der Waals surface area contributed by atoms with E-state index < -0.39 is 0 Å². The van der Waals surface area contributed by atoms with Crippen LogP contribution in [0.25, 0.3) is 0 Å². The van der Waals surface area contributed by atoms with Crippen molar-refractivity contribution in [2.75, 3.05) is 11.9 Å². The summed E-state index contributed by atoms with van der Waals surface area (Å²) in [6, 6.07) is 0.107. The number of carbonyl (C=O) groups excluding carboxylic acids is 2. The van der Waals surface area contributed by atoms with Gasteiger partial charge >= 0.3 is 6.09 Å². The van der Waals surface area contributed by atoms with Gasteiger partial charge in [-0.15, -0.1) is 0 Å². The number of ketones is 1. The number of alkyl halides is 1. The summed E-state index contributed by atoms with van der Waals surface area (Å²) in [6.45, 7) is 0.373. The van der Waals surface area contributed by atoms with Gasteiger partial charge in [-0.1, -0.05) is 15.9 Å². The molecule has 4 nitrogen and oxygen atoms in total. The van der Waals surface area contributed by atoms with E-state index in [4.69, 9.17) is 4.74 Å². The van der Waals surface area contributed by atoms with Gasteiger partial charge in [0.05, 0.1) is 0 Å². The van der Waals surface area contributed by atoms with Crippen LogP contribution in [0.15, 0.2) is 0 Å². The van der Waals surface area contributed by atoms with Crippen LogP contribution in [0.2, 0.25) is 0 Å². The second-order valence-electron chi connectivity index (χ2n) is 3.28. The number of alkyl carbamates (subject to hydrolysis) is 1. The molecule has 1 amide bonds. The molecule has 0 heterocycles. The Kier molecular flexibility index (Phi) is 4.93. The third-order valence-corrected chi connectivity index (χ3v) is 2.50. The molecule has 0 bridgehead atoms. The Hall–Kier alpha value is -0.580. The zero-order valence-corrected chi connectivity index (χ0v) is 9.51. The normalized spacial score (nSPS) is 17.9. The molecule has 1 N–H and O–H groups in total. The summed E-state index contributed by atoms with van der Waals surface area (Å²) in [4.78, 5) is 22.0. The Bertz CT molecular complexity index is 210. The van der Waals surface area contributed by atoms with E-state index in [1.807, 2.05) is 0 Å². The first-order valence-corrected chi connectivity index (χ1v) is 5.85. The molecular formula is C9H14BrNO3. The number of nitrogens with one attached hydrogen (secondary N) is 1. The van der Waals surface area contributed by atoms with Crippen LogP contribution in [-0.2, 0) is 9.53 Å². The van der Waals surface area contributed by atoms with Crippen molar-refractivity contribution in [3.63, 3.8) is 0 Å². The fraction of sp³-hybridized carbons (Fsp3) is 0.778. The minimum atomic E-state index is -0.385. The molecule has 0 aromatic carbocycles. The molecule has 1 saturated carbocycles. The second-order valence-corrected chi connectivity index (χ2v) is 4.08. The number of rotatable bonds is 3. The molecule has 5 heteroatoms. The molecule has 1 aliphatic carbocycles. The van der Waals surface area contributed by atoms with E-state index >= 15 is 0 Å². The van der Waals surface area contributed by atoms with Crippen LogP contribution in [-0.4, -0.2) is 29.9 Å². The van der Waals surface area contributed by atoms with Gasteiger partial charge < -0.3 is 10.1 Å². The van der Waals surface area contributed by atoms with E-state index in [1.165, 1.54) is 0 Å². The smallest absolute Gasteiger partial charge is 0.407 e. The summed E-state index contributed by atoms with van der Waals surface area (Å²) in [5.74, 6) is 0.289. The topological polar surface area (TPSA) is 55.4 Å². The average Bonchev–Trinajstić information content (AvgIpc) is 2.18. The standard InChI is InChI=1S/C9H14BrNO3/c10-5-6-14-9(13)11-7-1-3-8(12)4-2-7/h7H,1-6H2,(H,11,13). The van der Waals surface area contributed by atoms with Gasteiger partial charge in [-0.25, -0.2) is 4.79 Å². The molecule has 0 radical (unpaired) electrons. The highest BCUT2D eigenvalue weighted by Gasteiger charge is 2.20. The maximum Gasteiger partial charge on any atom is 0.407 e. The van der Waals surface area contributed by atoms with Crippen molar-refractivity contribution >= 4 is 27.8 Å². The van der Waals surface area contributed by atoms with Gasteiger partial charge in [-0.3, -0.25) is 4.79 Å². The van der Waals surface area contributed by atoms with E-state index in [0.29, 0.717) is 24.8 Å². The summed E-state index contributed by atoms with van der Waals surface area (Å²) in [5.41, 5.74) is 0. The summed E-state index contributed by atoms with van der Waals surface area (Å²) in [6.07, 6.45) is 2.24. The first-order chi connectivity index (χ1) is 6.72. The molecule has 80 valence electrons. The average molecular weight is 264 g/mol. The molecule has 0 unspecified atom stereocenters. The molecule has 1 fully saturated rings. The molecule has 0 aromatic rings. The van der Waals surface area contributed by atoms with E-state index in [-0.39, 0.29) is 17.9 Å². The number of Topliss-reactive ketones (excluding diaryl/α,β-unsaturated/α-hetero) is 1. The van der Waals surface area contributed by atoms with Crippen LogP contribution in [0.3, 0.4) is 0 Å². The molecule has 0 aliphatic heterocycles. The van der Waals surface area contributed by atoms with E-state index in [2.05, 4.69) is 21.2 Å². The van der Waals surface area contributed by atoms with Crippen molar-refractivity contribution in [1.82, 2.24) is 5.32 Å². The third-order valence-electron chi connectivity index (χ3n) is 2.18. The molecule has 1 aliphatic rings. The number of halogens is 1. The highest BCUT2D eigenvalue weighted by atomic mass is 79.9. The first-order valence-electron chi connectivity index (χ1n) is 4.73. The van der Waals surface area contributed by atoms with E-state index in [1.54, 1.807) is 0 Å². The summed E-state index contributed by atoms with van der Waals surface area (Å²) in [7, 11) is 0. The Morgan fingerprint density at radius 1 is 1.50 bits per heavy atom. The number of ether oxygens (including phenoxy) is 1. The minimum Gasteiger partial charge on any atom is -0.449 e. The van der Waals surface area contributed by atoms with Gasteiger partial charge in [0.25, 0.3) is 0 Å². The molecule has 0 atom stereocenters. The first kappa shape index (κ1) is 11.5. The number of carbonyl (C=O) groups is 2. The maximum absolute atomic E-state index is 11.1. The zero-order chi connectivity index (χ0) is 10.4. The minimum absolute atomic E-state index is 0.107. The predicted molar refractivity (Wildman–Crippen MR) is 55.5 cm³/mol. The van der Waals surface area contributed by atoms with Crippen molar-refractivity contribution in [3.05, 3.63) is 0 Å². The number of hydrogen-bond acceptors (Lipinski definition) is 3. The summed E-state index contributed by atoms with van der Waals surface area (Å²) >= 11 is 3.16. The van der Waals surface area contributed by atoms with Crippen LogP contribution in [0.1, 0.15) is 25.7 Å². The highest BCUT2D eigenvalue weighted by molar-refractivity contribution is 9.09. The fourth-order valence-corrected chi connectivity index (χ4v) is 1.59. The monoisotopic (exact) mass is 263 g/mol. The molecule has 0 aromatic heterocycles. The Morgan fingerprint density at radius 2 is 2.14 bits per heavy atom. The molecule has 0 saturated heterocycles. The van der Waals surface area contributed by atoms with Gasteiger partial charge in [-0.2, -0.15) is 0 Å². The third kappa shape index (κ3) is 4.09. The van der Waals surface area contributed by atoms with Crippen molar-refractivity contribution in [1.29, 1.82) is 0 Å². The van der Waals surface area contributed by atoms with Gasteiger partial charge in [0.2, 0.25) is 0 Å². The van der Waals surface area contributed by atoms with Crippen LogP contribution < -0.4 is 5.32 Å². The Morgan fingerprint density at radius 3 is 2.71 bits per heavy atom. The van der Waals surface area contributed by atoms with Gasteiger partial charge in [0, 0.05) is 24.2 Å². The molecule has 1 rings (SSSR count). The summed E-state index contributed by atoms with van der Waals surface area (Å²) < 4.78 is 4.84. The van der Waals surface area contributed by atoms with E-state index in [9.17, 15) is 9.59 Å². The quantitative estimate of drug-likeness (QED) is 0.788. The highest BCUT2D eigenvalue weighted by Crippen LogP contribution is 2.14. The fourth-order valence-electron chi connectivity index (χ4n) is 1.42. The van der Waals surface area contributed by atoms with Gasteiger partial charge in [-0.05, 0) is 12.8 Å². The SMILES string of the molecule is O=C1CCC(NC(=O)OCCBr)CC1. The lowest BCUT2D eigenvalue weighted by atomic mass is 9.95. The Balaban J connectivity index is 2.17.